The standard InChI is InChI=1S/C32H39ClN6OS/c33-29-24-30(39-21-19-38(20-22-39)17-8-12-26-9-3-1-4-10-26)36-32(35-29)41-25-27-11-7-13-28(23-27)31(40)34-14-18-37-15-5-2-6-16-37/h1,3-4,7-13,23-24H,2,5-6,14-22,25H2,(H,34,40). The molecule has 0 saturated carbocycles. The molecule has 41 heavy (non-hydrogen) atoms. The van der Waals surface area contributed by atoms with E-state index in [1.807, 2.05) is 36.4 Å². The third kappa shape index (κ3) is 9.30. The molecule has 2 aliphatic rings. The molecular weight excluding hydrogens is 552 g/mol. The quantitative estimate of drug-likeness (QED) is 0.180. The Hall–Kier alpha value is -2.91. The van der Waals surface area contributed by atoms with Crippen molar-refractivity contribution in [2.45, 2.75) is 30.2 Å². The maximum absolute atomic E-state index is 12.7. The van der Waals surface area contributed by atoms with Gasteiger partial charge in [0.1, 0.15) is 11.0 Å². The molecule has 0 unspecified atom stereocenters. The van der Waals surface area contributed by atoms with Crippen molar-refractivity contribution in [2.75, 3.05) is 63.8 Å². The smallest absolute Gasteiger partial charge is 0.251 e. The van der Waals surface area contributed by atoms with Gasteiger partial charge in [0, 0.05) is 63.2 Å². The molecule has 3 heterocycles. The molecule has 5 rings (SSSR count). The van der Waals surface area contributed by atoms with Gasteiger partial charge in [0.25, 0.3) is 5.91 Å². The first kappa shape index (κ1) is 29.6. The maximum atomic E-state index is 12.7. The van der Waals surface area contributed by atoms with E-state index in [1.165, 1.54) is 24.8 Å². The first-order valence-electron chi connectivity index (χ1n) is 14.6. The molecule has 0 aliphatic carbocycles. The van der Waals surface area contributed by atoms with Gasteiger partial charge in [-0.05, 0) is 49.2 Å². The number of piperidine rings is 1. The molecule has 1 aromatic heterocycles. The van der Waals surface area contributed by atoms with Gasteiger partial charge in [0.15, 0.2) is 5.16 Å². The van der Waals surface area contributed by atoms with Crippen LogP contribution < -0.4 is 10.2 Å². The number of hydrogen-bond donors (Lipinski definition) is 1. The number of hydrogen-bond acceptors (Lipinski definition) is 7. The van der Waals surface area contributed by atoms with Crippen LogP contribution in [0.3, 0.4) is 0 Å². The molecule has 9 heteroatoms. The zero-order valence-electron chi connectivity index (χ0n) is 23.6. The topological polar surface area (TPSA) is 64.6 Å². The lowest BCUT2D eigenvalue weighted by molar-refractivity contribution is 0.0946. The summed E-state index contributed by atoms with van der Waals surface area (Å²) in [7, 11) is 0. The van der Waals surface area contributed by atoms with E-state index in [4.69, 9.17) is 16.6 Å². The summed E-state index contributed by atoms with van der Waals surface area (Å²) in [5, 5.41) is 4.18. The fourth-order valence-electron chi connectivity index (χ4n) is 5.24. The second-order valence-electron chi connectivity index (χ2n) is 10.6. The summed E-state index contributed by atoms with van der Waals surface area (Å²) in [6, 6.07) is 20.1. The zero-order chi connectivity index (χ0) is 28.3. The van der Waals surface area contributed by atoms with E-state index in [-0.39, 0.29) is 5.91 Å². The fourth-order valence-corrected chi connectivity index (χ4v) is 6.26. The van der Waals surface area contributed by atoms with E-state index in [1.54, 1.807) is 11.8 Å². The van der Waals surface area contributed by atoms with E-state index < -0.39 is 0 Å². The molecule has 3 aromatic rings. The highest BCUT2D eigenvalue weighted by molar-refractivity contribution is 7.98. The number of carbonyl (C=O) groups excluding carboxylic acids is 1. The van der Waals surface area contributed by atoms with Crippen LogP contribution in [0.5, 0.6) is 0 Å². The summed E-state index contributed by atoms with van der Waals surface area (Å²) in [5.74, 6) is 1.51. The monoisotopic (exact) mass is 590 g/mol. The highest BCUT2D eigenvalue weighted by Crippen LogP contribution is 2.25. The Morgan fingerprint density at radius 3 is 2.51 bits per heavy atom. The normalized spacial score (nSPS) is 16.8. The number of amides is 1. The SMILES string of the molecule is O=C(NCCN1CCCCC1)c1cccc(CSc2nc(Cl)cc(N3CCN(CC=Cc4ccccc4)CC3)n2)c1. The molecule has 0 atom stereocenters. The minimum Gasteiger partial charge on any atom is -0.354 e. The van der Waals surface area contributed by atoms with Crippen LogP contribution in [0.1, 0.15) is 40.7 Å². The Bertz CT molecular complexity index is 1290. The summed E-state index contributed by atoms with van der Waals surface area (Å²) in [6.07, 6.45) is 8.25. The van der Waals surface area contributed by atoms with Gasteiger partial charge in [-0.25, -0.2) is 9.97 Å². The molecule has 2 saturated heterocycles. The van der Waals surface area contributed by atoms with Crippen molar-refractivity contribution in [3.8, 4) is 0 Å². The van der Waals surface area contributed by atoms with Gasteiger partial charge in [0.2, 0.25) is 0 Å². The molecule has 2 fully saturated rings. The van der Waals surface area contributed by atoms with Crippen LogP contribution in [0.4, 0.5) is 5.82 Å². The number of nitrogens with zero attached hydrogens (tertiary/aromatic N) is 5. The number of anilines is 1. The van der Waals surface area contributed by atoms with Gasteiger partial charge in [-0.2, -0.15) is 0 Å². The lowest BCUT2D eigenvalue weighted by atomic mass is 10.1. The van der Waals surface area contributed by atoms with Crippen molar-refractivity contribution < 1.29 is 4.79 Å². The average molecular weight is 591 g/mol. The third-order valence-corrected chi connectivity index (χ3v) is 8.66. The van der Waals surface area contributed by atoms with Crippen molar-refractivity contribution >= 4 is 41.2 Å². The molecular formula is C32H39ClN6OS. The molecule has 0 radical (unpaired) electrons. The van der Waals surface area contributed by atoms with Gasteiger partial charge in [-0.3, -0.25) is 9.69 Å². The molecule has 0 spiro atoms. The number of likely N-dealkylation sites (tertiary alicyclic amines) is 1. The van der Waals surface area contributed by atoms with Crippen LogP contribution >= 0.6 is 23.4 Å². The fraction of sp³-hybridized carbons (Fsp3) is 0.406. The molecule has 216 valence electrons. The Kier molecular flexibility index (Phi) is 11.1. The molecule has 2 aliphatic heterocycles. The summed E-state index contributed by atoms with van der Waals surface area (Å²) in [4.78, 5) is 29.2. The predicted molar refractivity (Wildman–Crippen MR) is 170 cm³/mol. The Labute approximate surface area is 253 Å². The van der Waals surface area contributed by atoms with Crippen LogP contribution in [-0.2, 0) is 5.75 Å². The van der Waals surface area contributed by atoms with Crippen LogP contribution in [0.25, 0.3) is 6.08 Å². The molecule has 1 amide bonds. The highest BCUT2D eigenvalue weighted by atomic mass is 35.5. The second kappa shape index (κ2) is 15.4. The van der Waals surface area contributed by atoms with E-state index in [2.05, 4.69) is 61.4 Å². The van der Waals surface area contributed by atoms with Gasteiger partial charge in [-0.1, -0.05) is 84.4 Å². The summed E-state index contributed by atoms with van der Waals surface area (Å²) >= 11 is 7.95. The number of carbonyl (C=O) groups is 1. The number of piperazine rings is 1. The summed E-state index contributed by atoms with van der Waals surface area (Å²) in [5.41, 5.74) is 2.97. The Balaban J connectivity index is 1.09. The summed E-state index contributed by atoms with van der Waals surface area (Å²) < 4.78 is 0. The average Bonchev–Trinajstić information content (AvgIpc) is 3.01. The minimum atomic E-state index is -0.0233. The van der Waals surface area contributed by atoms with E-state index in [9.17, 15) is 4.79 Å². The van der Waals surface area contributed by atoms with Gasteiger partial charge in [0.05, 0.1) is 0 Å². The lowest BCUT2D eigenvalue weighted by Gasteiger charge is -2.35. The molecule has 2 aromatic carbocycles. The highest BCUT2D eigenvalue weighted by Gasteiger charge is 2.19. The number of aromatic nitrogens is 2. The summed E-state index contributed by atoms with van der Waals surface area (Å²) in [6.45, 7) is 8.52. The number of halogens is 1. The first-order chi connectivity index (χ1) is 20.1. The van der Waals surface area contributed by atoms with Crippen LogP contribution in [0, 0.1) is 0 Å². The van der Waals surface area contributed by atoms with Crippen molar-refractivity contribution in [1.29, 1.82) is 0 Å². The van der Waals surface area contributed by atoms with Crippen molar-refractivity contribution in [3.63, 3.8) is 0 Å². The Morgan fingerprint density at radius 1 is 0.902 bits per heavy atom. The minimum absolute atomic E-state index is 0.0233. The number of nitrogens with one attached hydrogen (secondary N) is 1. The van der Waals surface area contributed by atoms with Crippen molar-refractivity contribution in [2.24, 2.45) is 0 Å². The first-order valence-corrected chi connectivity index (χ1v) is 15.9. The second-order valence-corrected chi connectivity index (χ2v) is 11.9. The van der Waals surface area contributed by atoms with Crippen LogP contribution in [-0.4, -0.2) is 84.6 Å². The maximum Gasteiger partial charge on any atom is 0.251 e. The lowest BCUT2D eigenvalue weighted by Crippen LogP contribution is -2.46. The molecule has 7 nitrogen and oxygen atoms in total. The van der Waals surface area contributed by atoms with Crippen molar-refractivity contribution in [1.82, 2.24) is 25.1 Å². The molecule has 1 N–H and O–H groups in total. The van der Waals surface area contributed by atoms with Crippen molar-refractivity contribution in [3.05, 3.63) is 88.6 Å². The zero-order valence-corrected chi connectivity index (χ0v) is 25.1. The van der Waals surface area contributed by atoms with Gasteiger partial charge in [-0.15, -0.1) is 0 Å². The molecule has 0 bridgehead atoms. The van der Waals surface area contributed by atoms with E-state index in [0.29, 0.717) is 28.2 Å². The predicted octanol–water partition coefficient (Wildman–Crippen LogP) is 5.47. The third-order valence-electron chi connectivity index (χ3n) is 7.55. The number of thioether (sulfide) groups is 1. The number of benzene rings is 2. The van der Waals surface area contributed by atoms with E-state index in [0.717, 1.165) is 63.7 Å². The van der Waals surface area contributed by atoms with Gasteiger partial charge >= 0.3 is 0 Å². The number of rotatable bonds is 11. The Morgan fingerprint density at radius 2 is 1.71 bits per heavy atom. The van der Waals surface area contributed by atoms with Crippen LogP contribution in [0.15, 0.2) is 71.9 Å². The van der Waals surface area contributed by atoms with E-state index >= 15 is 0 Å². The van der Waals surface area contributed by atoms with Gasteiger partial charge < -0.3 is 15.1 Å². The van der Waals surface area contributed by atoms with Crippen LogP contribution in [0.2, 0.25) is 5.15 Å². The largest absolute Gasteiger partial charge is 0.354 e.